The predicted molar refractivity (Wildman–Crippen MR) is 123 cm³/mol. The zero-order valence-electron chi connectivity index (χ0n) is 18.9. The van der Waals surface area contributed by atoms with E-state index in [0.29, 0.717) is 18.3 Å². The molecule has 0 unspecified atom stereocenters. The SMILES string of the molecule is COC(=O)[C@H](Cc1cccc(OCC(C)C)c1)NC(=O)[C@@H](NC(=O)[C@@H](N)CS)C(C)C. The highest BCUT2D eigenvalue weighted by Gasteiger charge is 2.30. The Kier molecular flexibility index (Phi) is 11.4. The lowest BCUT2D eigenvalue weighted by molar-refractivity contribution is -0.145. The largest absolute Gasteiger partial charge is 0.493 e. The molecule has 0 saturated heterocycles. The molecule has 3 atom stereocenters. The smallest absolute Gasteiger partial charge is 0.328 e. The lowest BCUT2D eigenvalue weighted by Crippen LogP contribution is -2.57. The van der Waals surface area contributed by atoms with Gasteiger partial charge in [0.05, 0.1) is 19.8 Å². The van der Waals surface area contributed by atoms with Gasteiger partial charge in [0.2, 0.25) is 11.8 Å². The van der Waals surface area contributed by atoms with Crippen LogP contribution in [0, 0.1) is 11.8 Å². The first-order chi connectivity index (χ1) is 14.6. The Labute approximate surface area is 190 Å². The monoisotopic (exact) mass is 453 g/mol. The Morgan fingerprint density at radius 2 is 1.77 bits per heavy atom. The number of carbonyl (C=O) groups is 3. The maximum atomic E-state index is 12.9. The van der Waals surface area contributed by atoms with Gasteiger partial charge in [-0.15, -0.1) is 0 Å². The maximum Gasteiger partial charge on any atom is 0.328 e. The van der Waals surface area contributed by atoms with Crippen molar-refractivity contribution in [1.82, 2.24) is 10.6 Å². The summed E-state index contributed by atoms with van der Waals surface area (Å²) in [5.41, 5.74) is 6.49. The van der Waals surface area contributed by atoms with Crippen molar-refractivity contribution in [3.05, 3.63) is 29.8 Å². The third-order valence-electron chi connectivity index (χ3n) is 4.50. The van der Waals surface area contributed by atoms with Gasteiger partial charge in [-0.3, -0.25) is 9.59 Å². The second-order valence-corrected chi connectivity index (χ2v) is 8.53. The third kappa shape index (κ3) is 9.18. The van der Waals surface area contributed by atoms with E-state index in [-0.39, 0.29) is 18.1 Å². The van der Waals surface area contributed by atoms with E-state index in [1.54, 1.807) is 13.8 Å². The van der Waals surface area contributed by atoms with Crippen LogP contribution in [0.25, 0.3) is 0 Å². The number of nitrogens with one attached hydrogen (secondary N) is 2. The number of esters is 1. The summed E-state index contributed by atoms with van der Waals surface area (Å²) in [6.45, 7) is 8.27. The summed E-state index contributed by atoms with van der Waals surface area (Å²) in [6.07, 6.45) is 0.214. The van der Waals surface area contributed by atoms with E-state index in [0.717, 1.165) is 5.56 Å². The number of hydrogen-bond acceptors (Lipinski definition) is 7. The summed E-state index contributed by atoms with van der Waals surface area (Å²) in [5, 5.41) is 5.33. The molecule has 1 rings (SSSR count). The fourth-order valence-corrected chi connectivity index (χ4v) is 2.90. The lowest BCUT2D eigenvalue weighted by Gasteiger charge is -2.25. The van der Waals surface area contributed by atoms with Crippen molar-refractivity contribution in [3.8, 4) is 5.75 Å². The second-order valence-electron chi connectivity index (χ2n) is 8.16. The zero-order chi connectivity index (χ0) is 23.6. The van der Waals surface area contributed by atoms with Crippen molar-refractivity contribution in [1.29, 1.82) is 0 Å². The molecule has 174 valence electrons. The summed E-state index contributed by atoms with van der Waals surface area (Å²) >= 11 is 4.01. The van der Waals surface area contributed by atoms with Gasteiger partial charge >= 0.3 is 5.97 Å². The summed E-state index contributed by atoms with van der Waals surface area (Å²) < 4.78 is 10.6. The van der Waals surface area contributed by atoms with E-state index >= 15 is 0 Å². The molecule has 0 spiro atoms. The first-order valence-electron chi connectivity index (χ1n) is 10.4. The van der Waals surface area contributed by atoms with E-state index in [2.05, 4.69) is 37.1 Å². The quantitative estimate of drug-likeness (QED) is 0.280. The number of nitrogens with two attached hydrogens (primary N) is 1. The zero-order valence-corrected chi connectivity index (χ0v) is 19.8. The Balaban J connectivity index is 2.94. The van der Waals surface area contributed by atoms with Crippen LogP contribution >= 0.6 is 12.6 Å². The number of benzene rings is 1. The molecule has 0 aliphatic rings. The van der Waals surface area contributed by atoms with Crippen molar-refractivity contribution in [2.75, 3.05) is 19.5 Å². The standard InChI is InChI=1S/C22H35N3O5S/c1-13(2)11-30-16-8-6-7-15(9-16)10-18(22(28)29-5)24-21(27)19(14(3)4)25-20(26)17(23)12-31/h6-9,13-14,17-19,31H,10-12,23H2,1-5H3,(H,24,27)(H,25,26)/t17-,18-,19-/m0/s1. The highest BCUT2D eigenvalue weighted by molar-refractivity contribution is 7.80. The van der Waals surface area contributed by atoms with E-state index in [1.807, 2.05) is 24.3 Å². The lowest BCUT2D eigenvalue weighted by atomic mass is 10.0. The molecule has 2 amide bonds. The van der Waals surface area contributed by atoms with Crippen LogP contribution < -0.4 is 21.1 Å². The molecular formula is C22H35N3O5S. The molecule has 0 aliphatic heterocycles. The number of methoxy groups -OCH3 is 1. The summed E-state index contributed by atoms with van der Waals surface area (Å²) in [5.74, 6) is -0.548. The van der Waals surface area contributed by atoms with Crippen molar-refractivity contribution < 1.29 is 23.9 Å². The number of amides is 2. The van der Waals surface area contributed by atoms with Crippen LogP contribution in [0.2, 0.25) is 0 Å². The average molecular weight is 454 g/mol. The van der Waals surface area contributed by atoms with Gasteiger partial charge in [-0.2, -0.15) is 12.6 Å². The molecule has 0 radical (unpaired) electrons. The molecule has 9 heteroatoms. The number of rotatable bonds is 12. The van der Waals surface area contributed by atoms with Gasteiger partial charge < -0.3 is 25.8 Å². The van der Waals surface area contributed by atoms with Crippen molar-refractivity contribution in [3.63, 3.8) is 0 Å². The van der Waals surface area contributed by atoms with Gasteiger partial charge in [-0.25, -0.2) is 4.79 Å². The molecule has 0 bridgehead atoms. The maximum absolute atomic E-state index is 12.9. The Bertz CT molecular complexity index is 742. The van der Waals surface area contributed by atoms with Crippen LogP contribution in [-0.2, 0) is 25.5 Å². The van der Waals surface area contributed by atoms with E-state index in [4.69, 9.17) is 15.2 Å². The number of thiol groups is 1. The fraction of sp³-hybridized carbons (Fsp3) is 0.591. The average Bonchev–Trinajstić information content (AvgIpc) is 2.74. The minimum absolute atomic E-state index is 0.151. The Hall–Kier alpha value is -2.26. The van der Waals surface area contributed by atoms with Crippen LogP contribution in [0.4, 0.5) is 0 Å². The van der Waals surface area contributed by atoms with Gasteiger partial charge in [0.25, 0.3) is 0 Å². The van der Waals surface area contributed by atoms with Gasteiger partial charge in [-0.05, 0) is 29.5 Å². The van der Waals surface area contributed by atoms with Gasteiger partial charge in [0, 0.05) is 12.2 Å². The Morgan fingerprint density at radius 3 is 2.32 bits per heavy atom. The highest BCUT2D eigenvalue weighted by atomic mass is 32.1. The van der Waals surface area contributed by atoms with Crippen LogP contribution in [-0.4, -0.2) is 55.4 Å². The molecule has 0 fully saturated rings. The van der Waals surface area contributed by atoms with E-state index in [9.17, 15) is 14.4 Å². The molecular weight excluding hydrogens is 418 g/mol. The van der Waals surface area contributed by atoms with Gasteiger partial charge in [-0.1, -0.05) is 39.8 Å². The molecule has 1 aromatic rings. The number of hydrogen-bond donors (Lipinski definition) is 4. The number of carbonyl (C=O) groups excluding carboxylic acids is 3. The topological polar surface area (TPSA) is 120 Å². The predicted octanol–water partition coefficient (Wildman–Crippen LogP) is 1.32. The first kappa shape index (κ1) is 26.8. The highest BCUT2D eigenvalue weighted by Crippen LogP contribution is 2.16. The molecule has 8 nitrogen and oxygen atoms in total. The molecule has 4 N–H and O–H groups in total. The summed E-state index contributed by atoms with van der Waals surface area (Å²) in [6, 6.07) is 4.74. The van der Waals surface area contributed by atoms with Crippen molar-refractivity contribution >= 4 is 30.4 Å². The van der Waals surface area contributed by atoms with E-state index < -0.39 is 35.9 Å². The molecule has 0 aromatic heterocycles. The minimum atomic E-state index is -0.922. The second kappa shape index (κ2) is 13.2. The minimum Gasteiger partial charge on any atom is -0.493 e. The van der Waals surface area contributed by atoms with Crippen molar-refractivity contribution in [2.24, 2.45) is 17.6 Å². The van der Waals surface area contributed by atoms with Crippen LogP contribution in [0.15, 0.2) is 24.3 Å². The fourth-order valence-electron chi connectivity index (χ4n) is 2.74. The van der Waals surface area contributed by atoms with Crippen LogP contribution in [0.3, 0.4) is 0 Å². The summed E-state index contributed by atoms with van der Waals surface area (Å²) in [7, 11) is 1.26. The molecule has 0 saturated carbocycles. The first-order valence-corrected chi connectivity index (χ1v) is 11.0. The number of ether oxygens (including phenoxy) is 2. The molecule has 0 aliphatic carbocycles. The Morgan fingerprint density at radius 1 is 1.10 bits per heavy atom. The molecule has 31 heavy (non-hydrogen) atoms. The van der Waals surface area contributed by atoms with Crippen LogP contribution in [0.5, 0.6) is 5.75 Å². The normalized spacial score (nSPS) is 14.0. The molecule has 0 heterocycles. The molecule has 1 aromatic carbocycles. The van der Waals surface area contributed by atoms with Crippen molar-refractivity contribution in [2.45, 2.75) is 52.2 Å². The van der Waals surface area contributed by atoms with Gasteiger partial charge in [0.1, 0.15) is 17.8 Å². The van der Waals surface area contributed by atoms with Crippen LogP contribution in [0.1, 0.15) is 33.3 Å². The van der Waals surface area contributed by atoms with Gasteiger partial charge in [0.15, 0.2) is 0 Å². The summed E-state index contributed by atoms with van der Waals surface area (Å²) in [4.78, 5) is 37.4. The third-order valence-corrected chi connectivity index (χ3v) is 4.90. The van der Waals surface area contributed by atoms with E-state index in [1.165, 1.54) is 7.11 Å².